The Morgan fingerprint density at radius 2 is 1.69 bits per heavy atom. The first-order valence-corrected chi connectivity index (χ1v) is 22.7. The van der Waals surface area contributed by atoms with Crippen LogP contribution in [0.1, 0.15) is 62.5 Å². The number of likely N-dealkylation sites (tertiary alicyclic amines) is 1. The van der Waals surface area contributed by atoms with Gasteiger partial charge in [0.05, 0.1) is 43.7 Å². The number of hydrazone groups is 1. The van der Waals surface area contributed by atoms with Gasteiger partial charge >= 0.3 is 6.09 Å². The van der Waals surface area contributed by atoms with E-state index < -0.39 is 12.1 Å². The summed E-state index contributed by atoms with van der Waals surface area (Å²) in [4.78, 5) is 56.5. The molecule has 0 spiro atoms. The number of hydrogen-bond acceptors (Lipinski definition) is 12. The van der Waals surface area contributed by atoms with E-state index in [0.717, 1.165) is 49.8 Å². The lowest BCUT2D eigenvalue weighted by Gasteiger charge is -2.43. The third-order valence-corrected chi connectivity index (χ3v) is 13.6. The third-order valence-electron chi connectivity index (χ3n) is 13.2. The molecule has 5 heterocycles. The molecular formula is C48H50ClN7O9. The van der Waals surface area contributed by atoms with Crippen molar-refractivity contribution in [3.05, 3.63) is 83.3 Å². The second-order valence-electron chi connectivity index (χ2n) is 17.2. The number of benzene rings is 3. The van der Waals surface area contributed by atoms with E-state index in [9.17, 15) is 14.4 Å². The number of nitrogens with zero attached hydrogens (tertiary/aromatic N) is 5. The normalized spacial score (nSPS) is 19.9. The van der Waals surface area contributed by atoms with Crippen LogP contribution in [0.5, 0.6) is 34.5 Å². The highest BCUT2D eigenvalue weighted by molar-refractivity contribution is 6.31. The summed E-state index contributed by atoms with van der Waals surface area (Å²) in [7, 11) is 3.21. The van der Waals surface area contributed by atoms with Crippen molar-refractivity contribution < 1.29 is 42.8 Å². The maximum atomic E-state index is 14.5. The number of halogens is 1. The molecular weight excluding hydrogens is 854 g/mol. The Balaban J connectivity index is 0.866. The molecule has 3 atom stereocenters. The van der Waals surface area contributed by atoms with Gasteiger partial charge in [-0.25, -0.2) is 19.8 Å². The first-order chi connectivity index (χ1) is 31.8. The minimum absolute atomic E-state index is 0.0145. The summed E-state index contributed by atoms with van der Waals surface area (Å²) < 4.78 is 34.8. The number of carbonyl (C=O) groups is 3. The van der Waals surface area contributed by atoms with E-state index >= 15 is 0 Å². The Morgan fingerprint density at radius 3 is 2.48 bits per heavy atom. The molecule has 0 radical (unpaired) electrons. The molecule has 2 aliphatic carbocycles. The predicted molar refractivity (Wildman–Crippen MR) is 240 cm³/mol. The van der Waals surface area contributed by atoms with E-state index in [-0.39, 0.29) is 48.7 Å². The number of nitrogens with one attached hydrogen (secondary N) is 2. The minimum atomic E-state index is -1.03. The zero-order valence-electron chi connectivity index (χ0n) is 36.2. The van der Waals surface area contributed by atoms with Gasteiger partial charge in [-0.15, -0.1) is 0 Å². The van der Waals surface area contributed by atoms with Crippen LogP contribution in [-0.4, -0.2) is 101 Å². The average molecular weight is 904 g/mol. The molecule has 2 saturated carbocycles. The van der Waals surface area contributed by atoms with E-state index in [0.29, 0.717) is 100 Å². The fraction of sp³-hybridized carbons (Fsp3) is 0.417. The number of aromatic amines is 1. The van der Waals surface area contributed by atoms with Gasteiger partial charge in [0.1, 0.15) is 29.3 Å². The van der Waals surface area contributed by atoms with E-state index in [1.807, 2.05) is 48.5 Å². The molecule has 3 aromatic carbocycles. The molecule has 5 aliphatic rings. The number of aromatic nitrogens is 3. The zero-order valence-corrected chi connectivity index (χ0v) is 37.0. The van der Waals surface area contributed by atoms with Crippen molar-refractivity contribution in [3.8, 4) is 45.8 Å². The lowest BCUT2D eigenvalue weighted by Crippen LogP contribution is -2.56. The summed E-state index contributed by atoms with van der Waals surface area (Å²) in [5.74, 6) is 3.12. The van der Waals surface area contributed by atoms with Crippen LogP contribution in [0.3, 0.4) is 0 Å². The molecule has 16 nitrogen and oxygen atoms in total. The Hall–Kier alpha value is -6.55. The summed E-state index contributed by atoms with van der Waals surface area (Å²) in [6.45, 7) is 1.34. The maximum Gasteiger partial charge on any atom is 0.413 e. The van der Waals surface area contributed by atoms with Gasteiger partial charge < -0.3 is 43.6 Å². The van der Waals surface area contributed by atoms with Crippen LogP contribution in [0.2, 0.25) is 5.02 Å². The zero-order chi connectivity index (χ0) is 44.6. The van der Waals surface area contributed by atoms with Crippen LogP contribution in [0.4, 0.5) is 4.79 Å². The monoisotopic (exact) mass is 903 g/mol. The summed E-state index contributed by atoms with van der Waals surface area (Å²) in [6, 6.07) is 15.4. The fourth-order valence-electron chi connectivity index (χ4n) is 9.57. The Bertz CT molecular complexity index is 2660. The van der Waals surface area contributed by atoms with Crippen molar-refractivity contribution in [3.63, 3.8) is 0 Å². The van der Waals surface area contributed by atoms with Crippen LogP contribution in [-0.2, 0) is 16.0 Å². The van der Waals surface area contributed by atoms with E-state index in [2.05, 4.69) is 20.3 Å². The van der Waals surface area contributed by atoms with E-state index in [1.165, 1.54) is 12.5 Å². The predicted octanol–water partition coefficient (Wildman–Crippen LogP) is 7.56. The Kier molecular flexibility index (Phi) is 11.8. The van der Waals surface area contributed by atoms with Crippen LogP contribution in [0.25, 0.3) is 22.3 Å². The number of methoxy groups -OCH3 is 2. The van der Waals surface area contributed by atoms with Gasteiger partial charge in [0.2, 0.25) is 18.6 Å². The van der Waals surface area contributed by atoms with E-state index in [4.69, 9.17) is 45.1 Å². The molecule has 2 N–H and O–H groups in total. The summed E-state index contributed by atoms with van der Waals surface area (Å²) in [5.41, 5.74) is 4.39. The number of fused-ring (bicyclic) bond motifs is 3. The topological polar surface area (TPSA) is 179 Å². The van der Waals surface area contributed by atoms with Gasteiger partial charge in [0.25, 0.3) is 0 Å². The average Bonchev–Trinajstić information content (AvgIpc) is 3.89. The molecule has 3 aliphatic heterocycles. The van der Waals surface area contributed by atoms with Crippen molar-refractivity contribution in [1.82, 2.24) is 30.2 Å². The highest BCUT2D eigenvalue weighted by Gasteiger charge is 2.44. The van der Waals surface area contributed by atoms with Crippen LogP contribution in [0.15, 0.2) is 72.2 Å². The number of hydrogen-bond donors (Lipinski definition) is 2. The maximum absolute atomic E-state index is 14.5. The molecule has 17 heteroatoms. The fourth-order valence-corrected chi connectivity index (χ4v) is 9.79. The highest BCUT2D eigenvalue weighted by Crippen LogP contribution is 2.49. The lowest BCUT2D eigenvalue weighted by atomic mass is 9.73. The van der Waals surface area contributed by atoms with Crippen LogP contribution < -0.4 is 33.7 Å². The standard InChI is InChI=1S/C48H50ClN7O9/c1-60-35-14-13-29(22-38(35)61-2)41-31-8-4-5-9-32(31)46(57)56(54-41)30-17-19-55(20-18-30)47(58)34(21-28-7-3-6-10-33(28)49)53-48(59)65-39-23-50-44-42(39)51-25-52-43(44)40-36(62-24-27-11-12-27)15-16-37-45(40)64-26-63-37/h3,6-7,10,13-16,22-23,25,27,30-32,34,50H,4-5,8-9,11-12,17-21,24,26H2,1-2H3,(H,53,59)/t31-,32+,34-/m0/s1. The molecule has 3 amide bonds. The van der Waals surface area contributed by atoms with Gasteiger partial charge in [-0.3, -0.25) is 9.59 Å². The molecule has 65 heavy (non-hydrogen) atoms. The van der Waals surface area contributed by atoms with Gasteiger partial charge in [0.15, 0.2) is 28.7 Å². The van der Waals surface area contributed by atoms with Gasteiger partial charge in [-0.1, -0.05) is 42.6 Å². The summed E-state index contributed by atoms with van der Waals surface area (Å²) in [5, 5.41) is 10.1. The molecule has 2 aromatic heterocycles. The molecule has 0 unspecified atom stereocenters. The summed E-state index contributed by atoms with van der Waals surface area (Å²) >= 11 is 6.61. The molecule has 3 fully saturated rings. The Labute approximate surface area is 380 Å². The summed E-state index contributed by atoms with van der Waals surface area (Å²) in [6.07, 6.45) is 9.16. The van der Waals surface area contributed by atoms with Crippen LogP contribution in [0, 0.1) is 17.8 Å². The lowest BCUT2D eigenvalue weighted by molar-refractivity contribution is -0.143. The van der Waals surface area contributed by atoms with Gasteiger partial charge in [0, 0.05) is 48.1 Å². The second-order valence-corrected chi connectivity index (χ2v) is 17.6. The number of H-pyrrole nitrogens is 1. The van der Waals surface area contributed by atoms with Crippen molar-refractivity contribution in [1.29, 1.82) is 0 Å². The molecule has 5 aromatic rings. The molecule has 0 bridgehead atoms. The Morgan fingerprint density at radius 1 is 0.908 bits per heavy atom. The number of ether oxygens (including phenoxy) is 6. The van der Waals surface area contributed by atoms with Crippen molar-refractivity contribution >= 4 is 46.3 Å². The highest BCUT2D eigenvalue weighted by atomic mass is 35.5. The quantitative estimate of drug-likeness (QED) is 0.119. The number of rotatable bonds is 13. The largest absolute Gasteiger partial charge is 0.493 e. The van der Waals surface area contributed by atoms with Gasteiger partial charge in [-0.2, -0.15) is 5.10 Å². The van der Waals surface area contributed by atoms with Gasteiger partial charge in [-0.05, 0) is 86.4 Å². The number of amides is 3. The first-order valence-electron chi connectivity index (χ1n) is 22.3. The van der Waals surface area contributed by atoms with Crippen molar-refractivity contribution in [2.45, 2.75) is 69.9 Å². The number of piperidine rings is 1. The van der Waals surface area contributed by atoms with Crippen LogP contribution >= 0.6 is 11.6 Å². The number of carbonyl (C=O) groups excluding carboxylic acids is 3. The van der Waals surface area contributed by atoms with Crippen molar-refractivity contribution in [2.24, 2.45) is 22.9 Å². The minimum Gasteiger partial charge on any atom is -0.493 e. The SMILES string of the molecule is COc1ccc(C2=NN(C3CCN(C(=O)[C@H](Cc4ccccc4Cl)NC(=O)Oc4c[nH]c5c(-c6c(OCC7CC7)ccc7c6OCO7)ncnc45)CC3)C(=O)[C@@H]3CCCC[C@H]23)cc1OC. The second kappa shape index (κ2) is 18.1. The van der Waals surface area contributed by atoms with Crippen molar-refractivity contribution in [2.75, 3.05) is 40.7 Å². The smallest absolute Gasteiger partial charge is 0.413 e. The molecule has 1 saturated heterocycles. The molecule has 338 valence electrons. The third kappa shape index (κ3) is 8.47. The first kappa shape index (κ1) is 42.4. The molecule has 10 rings (SSSR count). The van der Waals surface area contributed by atoms with E-state index in [1.54, 1.807) is 30.2 Å².